The molecule has 0 atom stereocenters. The minimum atomic E-state index is -3.26. The van der Waals surface area contributed by atoms with Crippen molar-refractivity contribution in [3.05, 3.63) is 29.8 Å². The molecule has 0 unspecified atom stereocenters. The van der Waals surface area contributed by atoms with Crippen LogP contribution in [0.5, 0.6) is 0 Å². The third-order valence-corrected chi connectivity index (χ3v) is 4.01. The molecule has 0 bridgehead atoms. The number of nitrogens with one attached hydrogen (secondary N) is 2. The molecular weight excluding hydrogens is 296 g/mol. The van der Waals surface area contributed by atoms with Gasteiger partial charge in [-0.05, 0) is 30.5 Å². The molecule has 0 spiro atoms. The van der Waals surface area contributed by atoms with E-state index in [-0.39, 0.29) is 6.54 Å². The molecule has 0 heterocycles. The fourth-order valence-electron chi connectivity index (χ4n) is 1.83. The topological polar surface area (TPSA) is 113 Å². The van der Waals surface area contributed by atoms with E-state index in [0.29, 0.717) is 18.5 Å². The van der Waals surface area contributed by atoms with Gasteiger partial charge in [-0.2, -0.15) is 0 Å². The molecule has 1 saturated carbocycles. The van der Waals surface area contributed by atoms with Crippen molar-refractivity contribution in [3.8, 4) is 0 Å². The average Bonchev–Trinajstić information content (AvgIpc) is 3.18. The number of carboxylic acids is 1. The summed E-state index contributed by atoms with van der Waals surface area (Å²) in [5.41, 5.74) is -0.0651. The molecule has 7 nitrogen and oxygen atoms in total. The van der Waals surface area contributed by atoms with Crippen molar-refractivity contribution in [2.75, 3.05) is 11.6 Å². The van der Waals surface area contributed by atoms with Crippen molar-refractivity contribution in [3.63, 3.8) is 0 Å². The lowest BCUT2D eigenvalue weighted by Gasteiger charge is -2.11. The first-order valence-electron chi connectivity index (χ1n) is 6.31. The monoisotopic (exact) mass is 312 g/mol. The van der Waals surface area contributed by atoms with Gasteiger partial charge in [-0.25, -0.2) is 13.1 Å². The predicted molar refractivity (Wildman–Crippen MR) is 76.1 cm³/mol. The number of rotatable bonds is 6. The number of amides is 1. The number of hydrogen-bond acceptors (Lipinski definition) is 4. The van der Waals surface area contributed by atoms with E-state index in [0.717, 1.165) is 11.8 Å². The second kappa shape index (κ2) is 5.45. The lowest BCUT2D eigenvalue weighted by atomic mass is 10.1. The zero-order chi connectivity index (χ0) is 15.7. The molecule has 2 rings (SSSR count). The number of carboxylic acid groups (broad SMARTS) is 1. The van der Waals surface area contributed by atoms with Crippen molar-refractivity contribution >= 4 is 27.6 Å². The van der Waals surface area contributed by atoms with E-state index >= 15 is 0 Å². The van der Waals surface area contributed by atoms with Crippen LogP contribution in [0.25, 0.3) is 0 Å². The first-order chi connectivity index (χ1) is 9.73. The third kappa shape index (κ3) is 3.79. The third-order valence-electron chi connectivity index (χ3n) is 3.34. The van der Waals surface area contributed by atoms with Gasteiger partial charge < -0.3 is 10.4 Å². The molecule has 1 amide bonds. The highest BCUT2D eigenvalue weighted by Gasteiger charge is 2.57. The van der Waals surface area contributed by atoms with Crippen LogP contribution in [0, 0.1) is 5.41 Å². The fourth-order valence-corrected chi connectivity index (χ4v) is 2.26. The van der Waals surface area contributed by atoms with Gasteiger partial charge in [0.15, 0.2) is 0 Å². The number of carbonyl (C=O) groups is 2. The summed E-state index contributed by atoms with van der Waals surface area (Å²) in [6, 6.07) is 6.53. The van der Waals surface area contributed by atoms with E-state index in [1.54, 1.807) is 24.3 Å². The molecule has 0 aromatic heterocycles. The van der Waals surface area contributed by atoms with Crippen molar-refractivity contribution in [1.82, 2.24) is 4.72 Å². The van der Waals surface area contributed by atoms with E-state index in [1.165, 1.54) is 0 Å². The molecular formula is C13H16N2O5S. The van der Waals surface area contributed by atoms with Crippen molar-refractivity contribution < 1.29 is 23.1 Å². The van der Waals surface area contributed by atoms with Crippen LogP contribution >= 0.6 is 0 Å². The minimum absolute atomic E-state index is 0.159. The fraction of sp³-hybridized carbons (Fsp3) is 0.385. The Balaban J connectivity index is 1.97. The molecule has 0 radical (unpaired) electrons. The molecule has 1 aliphatic carbocycles. The van der Waals surface area contributed by atoms with Crippen molar-refractivity contribution in [2.45, 2.75) is 19.4 Å². The smallest absolute Gasteiger partial charge is 0.319 e. The van der Waals surface area contributed by atoms with Gasteiger partial charge in [0.1, 0.15) is 5.41 Å². The van der Waals surface area contributed by atoms with Gasteiger partial charge in [0.05, 0.1) is 6.26 Å². The summed E-state index contributed by atoms with van der Waals surface area (Å²) in [6.07, 6.45) is 1.78. The molecule has 0 saturated heterocycles. The molecule has 3 N–H and O–H groups in total. The Bertz CT molecular complexity index is 662. The number of sulfonamides is 1. The van der Waals surface area contributed by atoms with Gasteiger partial charge in [0.25, 0.3) is 0 Å². The van der Waals surface area contributed by atoms with Crippen LogP contribution in [0.4, 0.5) is 5.69 Å². The largest absolute Gasteiger partial charge is 0.480 e. The maximum absolute atomic E-state index is 11.9. The number of carbonyl (C=O) groups excluding carboxylic acids is 1. The van der Waals surface area contributed by atoms with Gasteiger partial charge in [-0.1, -0.05) is 12.1 Å². The van der Waals surface area contributed by atoms with Crippen LogP contribution in [0.3, 0.4) is 0 Å². The Morgan fingerprint density at radius 3 is 2.24 bits per heavy atom. The van der Waals surface area contributed by atoms with Crippen LogP contribution in [-0.2, 0) is 26.2 Å². The SMILES string of the molecule is CS(=O)(=O)NCc1ccc(NC(=O)C2(C(=O)O)CC2)cc1. The maximum Gasteiger partial charge on any atom is 0.319 e. The number of hydrogen-bond donors (Lipinski definition) is 3. The normalized spacial score (nSPS) is 16.2. The first-order valence-corrected chi connectivity index (χ1v) is 8.20. The van der Waals surface area contributed by atoms with E-state index < -0.39 is 27.3 Å². The number of anilines is 1. The Labute approximate surface area is 122 Å². The van der Waals surface area contributed by atoms with Gasteiger partial charge >= 0.3 is 5.97 Å². The van der Waals surface area contributed by atoms with Crippen molar-refractivity contribution in [1.29, 1.82) is 0 Å². The Morgan fingerprint density at radius 1 is 1.24 bits per heavy atom. The van der Waals surface area contributed by atoms with Crippen LogP contribution in [-0.4, -0.2) is 31.7 Å². The Kier molecular flexibility index (Phi) is 4.02. The number of benzene rings is 1. The molecule has 0 aliphatic heterocycles. The second-order valence-corrected chi connectivity index (χ2v) is 6.96. The van der Waals surface area contributed by atoms with Crippen LogP contribution in [0.15, 0.2) is 24.3 Å². The number of aliphatic carboxylic acids is 1. The van der Waals surface area contributed by atoms with E-state index in [1.807, 2.05) is 0 Å². The molecule has 1 aliphatic rings. The van der Waals surface area contributed by atoms with Crippen LogP contribution in [0.2, 0.25) is 0 Å². The van der Waals surface area contributed by atoms with Gasteiger partial charge in [-0.15, -0.1) is 0 Å². The molecule has 114 valence electrons. The van der Waals surface area contributed by atoms with E-state index in [9.17, 15) is 18.0 Å². The van der Waals surface area contributed by atoms with E-state index in [4.69, 9.17) is 5.11 Å². The molecule has 21 heavy (non-hydrogen) atoms. The predicted octanol–water partition coefficient (Wildman–Crippen LogP) is 0.539. The molecule has 1 fully saturated rings. The lowest BCUT2D eigenvalue weighted by Crippen LogP contribution is -2.31. The highest BCUT2D eigenvalue weighted by Crippen LogP contribution is 2.46. The molecule has 8 heteroatoms. The quantitative estimate of drug-likeness (QED) is 0.664. The summed E-state index contributed by atoms with van der Waals surface area (Å²) < 4.78 is 24.3. The zero-order valence-electron chi connectivity index (χ0n) is 11.4. The summed E-state index contributed by atoms with van der Waals surface area (Å²) in [4.78, 5) is 22.9. The summed E-state index contributed by atoms with van der Waals surface area (Å²) in [5.74, 6) is -1.62. The summed E-state index contributed by atoms with van der Waals surface area (Å²) in [5, 5.41) is 11.6. The standard InChI is InChI=1S/C13H16N2O5S/c1-21(19,20)14-8-9-2-4-10(5-3-9)15-11(16)13(6-7-13)12(17)18/h2-5,14H,6-8H2,1H3,(H,15,16)(H,17,18). The van der Waals surface area contributed by atoms with Crippen molar-refractivity contribution in [2.24, 2.45) is 5.41 Å². The highest BCUT2D eigenvalue weighted by molar-refractivity contribution is 7.88. The minimum Gasteiger partial charge on any atom is -0.480 e. The lowest BCUT2D eigenvalue weighted by molar-refractivity contribution is -0.147. The molecule has 1 aromatic carbocycles. The highest BCUT2D eigenvalue weighted by atomic mass is 32.2. The second-order valence-electron chi connectivity index (χ2n) is 5.13. The van der Waals surface area contributed by atoms with Gasteiger partial charge in [0, 0.05) is 12.2 Å². The first kappa shape index (κ1) is 15.5. The Hall–Kier alpha value is -1.93. The zero-order valence-corrected chi connectivity index (χ0v) is 12.2. The van der Waals surface area contributed by atoms with Gasteiger partial charge in [0.2, 0.25) is 15.9 Å². The Morgan fingerprint density at radius 2 is 1.81 bits per heavy atom. The summed E-state index contributed by atoms with van der Waals surface area (Å²) in [6.45, 7) is 0.159. The maximum atomic E-state index is 11.9. The summed E-state index contributed by atoms with van der Waals surface area (Å²) in [7, 11) is -3.26. The molecule has 1 aromatic rings. The van der Waals surface area contributed by atoms with Gasteiger partial charge in [-0.3, -0.25) is 9.59 Å². The van der Waals surface area contributed by atoms with Crippen LogP contribution in [0.1, 0.15) is 18.4 Å². The average molecular weight is 312 g/mol. The summed E-state index contributed by atoms with van der Waals surface area (Å²) >= 11 is 0. The van der Waals surface area contributed by atoms with E-state index in [2.05, 4.69) is 10.0 Å². The van der Waals surface area contributed by atoms with Crippen LogP contribution < -0.4 is 10.0 Å².